The van der Waals surface area contributed by atoms with Crippen LogP contribution in [-0.4, -0.2) is 31.0 Å². The van der Waals surface area contributed by atoms with Crippen LogP contribution in [0.1, 0.15) is 32.4 Å². The summed E-state index contributed by atoms with van der Waals surface area (Å²) in [5.41, 5.74) is 0.708. The Labute approximate surface area is 117 Å². The molecule has 0 aliphatic heterocycles. The van der Waals surface area contributed by atoms with Crippen LogP contribution in [0.25, 0.3) is 0 Å². The number of nitrogens with zero attached hydrogens (tertiary/aromatic N) is 1. The molecule has 1 unspecified atom stereocenters. The Kier molecular flexibility index (Phi) is 5.28. The lowest BCUT2D eigenvalue weighted by Crippen LogP contribution is -2.39. The van der Waals surface area contributed by atoms with E-state index in [1.165, 1.54) is 18.9 Å². The molecule has 1 aromatic carbocycles. The summed E-state index contributed by atoms with van der Waals surface area (Å²) >= 11 is 0. The molecule has 0 saturated heterocycles. The highest BCUT2D eigenvalue weighted by molar-refractivity contribution is 5.61. The normalized spacial score (nSPS) is 13.4. The number of hydrogen-bond donors (Lipinski definition) is 1. The van der Waals surface area contributed by atoms with Gasteiger partial charge < -0.3 is 14.7 Å². The summed E-state index contributed by atoms with van der Waals surface area (Å²) in [7, 11) is 1.43. The maximum absolute atomic E-state index is 12.7. The number of aliphatic hydroxyl groups excluding tert-OH is 1. The van der Waals surface area contributed by atoms with Crippen molar-refractivity contribution in [2.45, 2.75) is 39.1 Å². The molecule has 20 heavy (non-hydrogen) atoms. The molecule has 1 aromatic rings. The molecule has 0 aromatic heterocycles. The van der Waals surface area contributed by atoms with E-state index < -0.39 is 18.8 Å². The van der Waals surface area contributed by atoms with Crippen LogP contribution >= 0.6 is 0 Å². The van der Waals surface area contributed by atoms with E-state index >= 15 is 0 Å². The number of aliphatic hydroxyl groups is 1. The third-order valence-electron chi connectivity index (χ3n) is 2.96. The monoisotopic (exact) mass is 291 g/mol. The average Bonchev–Trinajstić information content (AvgIpc) is 2.33. The van der Waals surface area contributed by atoms with E-state index in [-0.39, 0.29) is 6.04 Å². The lowest BCUT2D eigenvalue weighted by molar-refractivity contribution is -0.120. The Morgan fingerprint density at radius 1 is 1.25 bits per heavy atom. The van der Waals surface area contributed by atoms with Crippen LogP contribution in [0.3, 0.4) is 0 Å². The third-order valence-corrected chi connectivity index (χ3v) is 2.96. The van der Waals surface area contributed by atoms with Crippen molar-refractivity contribution in [3.8, 4) is 5.75 Å². The predicted molar refractivity (Wildman–Crippen MR) is 72.2 cm³/mol. The van der Waals surface area contributed by atoms with Gasteiger partial charge in [0.15, 0.2) is 0 Å². The van der Waals surface area contributed by atoms with E-state index in [4.69, 9.17) is 4.74 Å². The standard InChI is InChI=1S/C14H20F3NO2/c1-9(2)18(8-14(15,16)17)11-6-5-7-12(20-4)13(11)10(3)19/h5-7,9-10,19H,8H2,1-4H3. The van der Waals surface area contributed by atoms with Crippen molar-refractivity contribution in [1.82, 2.24) is 0 Å². The van der Waals surface area contributed by atoms with Gasteiger partial charge in [0.05, 0.1) is 13.2 Å². The van der Waals surface area contributed by atoms with Gasteiger partial charge in [-0.2, -0.15) is 13.2 Å². The Morgan fingerprint density at radius 2 is 1.85 bits per heavy atom. The zero-order valence-electron chi connectivity index (χ0n) is 12.0. The van der Waals surface area contributed by atoms with Crippen LogP contribution < -0.4 is 9.64 Å². The first-order valence-corrected chi connectivity index (χ1v) is 6.35. The summed E-state index contributed by atoms with van der Waals surface area (Å²) in [6, 6.07) is 4.45. The van der Waals surface area contributed by atoms with Crippen molar-refractivity contribution >= 4 is 5.69 Å². The molecule has 0 spiro atoms. The summed E-state index contributed by atoms with van der Waals surface area (Å²) in [6.07, 6.45) is -5.24. The van der Waals surface area contributed by atoms with Crippen molar-refractivity contribution in [3.63, 3.8) is 0 Å². The SMILES string of the molecule is COc1cccc(N(CC(F)(F)F)C(C)C)c1C(C)O. The highest BCUT2D eigenvalue weighted by atomic mass is 19.4. The third kappa shape index (κ3) is 4.03. The summed E-state index contributed by atoms with van der Waals surface area (Å²) < 4.78 is 43.3. The fraction of sp³-hybridized carbons (Fsp3) is 0.571. The molecule has 114 valence electrons. The van der Waals surface area contributed by atoms with Gasteiger partial charge in [0, 0.05) is 17.3 Å². The molecule has 1 N–H and O–H groups in total. The van der Waals surface area contributed by atoms with Crippen LogP contribution in [-0.2, 0) is 0 Å². The van der Waals surface area contributed by atoms with E-state index in [9.17, 15) is 18.3 Å². The van der Waals surface area contributed by atoms with Crippen molar-refractivity contribution in [2.75, 3.05) is 18.6 Å². The lowest BCUT2D eigenvalue weighted by atomic mass is 10.0. The van der Waals surface area contributed by atoms with Gasteiger partial charge in [-0.15, -0.1) is 0 Å². The number of hydrogen-bond acceptors (Lipinski definition) is 3. The van der Waals surface area contributed by atoms with Crippen molar-refractivity contribution in [1.29, 1.82) is 0 Å². The second-order valence-electron chi connectivity index (χ2n) is 4.91. The minimum Gasteiger partial charge on any atom is -0.496 e. The highest BCUT2D eigenvalue weighted by Gasteiger charge is 2.33. The Bertz CT molecular complexity index is 445. The Balaban J connectivity index is 3.33. The van der Waals surface area contributed by atoms with Gasteiger partial charge in [-0.1, -0.05) is 6.07 Å². The smallest absolute Gasteiger partial charge is 0.405 e. The maximum atomic E-state index is 12.7. The number of methoxy groups -OCH3 is 1. The van der Waals surface area contributed by atoms with Crippen LogP contribution in [0.2, 0.25) is 0 Å². The predicted octanol–water partition coefficient (Wildman–Crippen LogP) is 3.53. The van der Waals surface area contributed by atoms with E-state index in [2.05, 4.69) is 0 Å². The molecule has 6 heteroatoms. The second kappa shape index (κ2) is 6.35. The molecule has 0 heterocycles. The minimum absolute atomic E-state index is 0.340. The second-order valence-corrected chi connectivity index (χ2v) is 4.91. The van der Waals surface area contributed by atoms with Crippen LogP contribution in [0.15, 0.2) is 18.2 Å². The fourth-order valence-corrected chi connectivity index (χ4v) is 2.12. The van der Waals surface area contributed by atoms with E-state index in [1.54, 1.807) is 32.0 Å². The number of ether oxygens (including phenoxy) is 1. The van der Waals surface area contributed by atoms with Crippen molar-refractivity contribution in [3.05, 3.63) is 23.8 Å². The van der Waals surface area contributed by atoms with Crippen LogP contribution in [0.5, 0.6) is 5.75 Å². The molecule has 0 bridgehead atoms. The molecule has 1 atom stereocenters. The Morgan fingerprint density at radius 3 is 2.25 bits per heavy atom. The highest BCUT2D eigenvalue weighted by Crippen LogP contribution is 2.36. The molecule has 1 rings (SSSR count). The maximum Gasteiger partial charge on any atom is 0.405 e. The van der Waals surface area contributed by atoms with E-state index in [0.29, 0.717) is 17.0 Å². The van der Waals surface area contributed by atoms with Gasteiger partial charge in [-0.05, 0) is 32.9 Å². The van der Waals surface area contributed by atoms with Gasteiger partial charge >= 0.3 is 6.18 Å². The van der Waals surface area contributed by atoms with Gasteiger partial charge in [0.1, 0.15) is 12.3 Å². The molecule has 0 amide bonds. The van der Waals surface area contributed by atoms with Crippen molar-refractivity contribution in [2.24, 2.45) is 0 Å². The molecular weight excluding hydrogens is 271 g/mol. The first-order valence-electron chi connectivity index (χ1n) is 6.35. The summed E-state index contributed by atoms with van der Waals surface area (Å²) in [4.78, 5) is 1.21. The fourth-order valence-electron chi connectivity index (χ4n) is 2.12. The van der Waals surface area contributed by atoms with Gasteiger partial charge in [-0.3, -0.25) is 0 Å². The lowest BCUT2D eigenvalue weighted by Gasteiger charge is -2.32. The minimum atomic E-state index is -4.32. The zero-order valence-corrected chi connectivity index (χ0v) is 12.0. The first-order chi connectivity index (χ1) is 9.17. The molecule has 0 saturated carbocycles. The van der Waals surface area contributed by atoms with Crippen LogP contribution in [0.4, 0.5) is 18.9 Å². The van der Waals surface area contributed by atoms with Crippen molar-refractivity contribution < 1.29 is 23.0 Å². The molecule has 0 aliphatic carbocycles. The molecule has 0 fully saturated rings. The summed E-state index contributed by atoms with van der Waals surface area (Å²) in [5, 5.41) is 9.86. The van der Waals surface area contributed by atoms with Gasteiger partial charge in [0.25, 0.3) is 0 Å². The zero-order chi connectivity index (χ0) is 15.5. The number of halogens is 3. The number of anilines is 1. The number of alkyl halides is 3. The van der Waals surface area contributed by atoms with Crippen LogP contribution in [0, 0.1) is 0 Å². The largest absolute Gasteiger partial charge is 0.496 e. The van der Waals surface area contributed by atoms with E-state index in [0.717, 1.165) is 0 Å². The van der Waals surface area contributed by atoms with Gasteiger partial charge in [-0.25, -0.2) is 0 Å². The number of benzene rings is 1. The Hall–Kier alpha value is -1.43. The molecule has 0 aliphatic rings. The number of rotatable bonds is 5. The molecule has 0 radical (unpaired) electrons. The molecular formula is C14H20F3NO2. The van der Waals surface area contributed by atoms with Gasteiger partial charge in [0.2, 0.25) is 0 Å². The first kappa shape index (κ1) is 16.6. The topological polar surface area (TPSA) is 32.7 Å². The average molecular weight is 291 g/mol. The summed E-state index contributed by atoms with van der Waals surface area (Å²) in [6.45, 7) is 3.79. The van der Waals surface area contributed by atoms with E-state index in [1.807, 2.05) is 0 Å². The molecule has 3 nitrogen and oxygen atoms in total. The quantitative estimate of drug-likeness (QED) is 0.901. The summed E-state index contributed by atoms with van der Waals surface area (Å²) in [5.74, 6) is 0.380.